The van der Waals surface area contributed by atoms with Crippen LogP contribution in [0.25, 0.3) is 5.65 Å². The third-order valence-corrected chi connectivity index (χ3v) is 4.85. The fraction of sp³-hybridized carbons (Fsp3) is 0.350. The number of aromatic nitrogens is 3. The van der Waals surface area contributed by atoms with Crippen LogP contribution in [0.5, 0.6) is 5.88 Å². The highest BCUT2D eigenvalue weighted by molar-refractivity contribution is 6.06. The number of aryl methyl sites for hydroxylation is 1. The first-order valence-electron chi connectivity index (χ1n) is 9.31. The van der Waals surface area contributed by atoms with Crippen LogP contribution < -0.4 is 15.0 Å². The number of carbonyl (C=O) groups is 1. The molecule has 28 heavy (non-hydrogen) atoms. The van der Waals surface area contributed by atoms with Crippen LogP contribution in [0.1, 0.15) is 35.3 Å². The number of hydrogen-bond acceptors (Lipinski definition) is 5. The van der Waals surface area contributed by atoms with Crippen LogP contribution in [0.2, 0.25) is 0 Å². The Hall–Kier alpha value is -3.16. The van der Waals surface area contributed by atoms with Crippen LogP contribution in [0, 0.1) is 12.7 Å². The van der Waals surface area contributed by atoms with Gasteiger partial charge in [0.15, 0.2) is 11.5 Å². The molecule has 1 aliphatic rings. The maximum atomic E-state index is 14.2. The first kappa shape index (κ1) is 18.2. The van der Waals surface area contributed by atoms with Gasteiger partial charge in [-0.1, -0.05) is 0 Å². The third-order valence-electron chi connectivity index (χ3n) is 4.85. The van der Waals surface area contributed by atoms with Gasteiger partial charge in [0.2, 0.25) is 5.88 Å². The van der Waals surface area contributed by atoms with Crippen molar-refractivity contribution in [3.05, 3.63) is 47.7 Å². The summed E-state index contributed by atoms with van der Waals surface area (Å²) in [4.78, 5) is 23.5. The zero-order valence-corrected chi connectivity index (χ0v) is 15.9. The van der Waals surface area contributed by atoms with Crippen LogP contribution in [-0.4, -0.2) is 40.5 Å². The molecule has 1 saturated heterocycles. The van der Waals surface area contributed by atoms with Crippen molar-refractivity contribution < 1.29 is 13.9 Å². The molecular formula is C20H22FN5O2. The van der Waals surface area contributed by atoms with Crippen molar-refractivity contribution in [1.82, 2.24) is 14.4 Å². The third kappa shape index (κ3) is 3.49. The van der Waals surface area contributed by atoms with E-state index in [1.165, 1.54) is 19.6 Å². The number of pyridine rings is 2. The zero-order valence-electron chi connectivity index (χ0n) is 15.9. The second kappa shape index (κ2) is 7.46. The summed E-state index contributed by atoms with van der Waals surface area (Å²) in [5.41, 5.74) is 1.54. The number of anilines is 2. The quantitative estimate of drug-likeness (QED) is 0.747. The largest absolute Gasteiger partial charge is 0.480 e. The number of hydrogen-bond donors (Lipinski definition) is 1. The molecule has 0 saturated carbocycles. The Labute approximate surface area is 162 Å². The molecule has 4 heterocycles. The van der Waals surface area contributed by atoms with Crippen LogP contribution in [-0.2, 0) is 0 Å². The molecule has 0 spiro atoms. The van der Waals surface area contributed by atoms with Gasteiger partial charge in [0.25, 0.3) is 5.91 Å². The molecule has 0 aromatic carbocycles. The number of fused-ring (bicyclic) bond motifs is 1. The molecule has 1 amide bonds. The number of rotatable bonds is 4. The van der Waals surface area contributed by atoms with Gasteiger partial charge in [-0.2, -0.15) is 4.98 Å². The Bertz CT molecular complexity index is 1030. The molecule has 0 atom stereocenters. The second-order valence-electron chi connectivity index (χ2n) is 6.92. The lowest BCUT2D eigenvalue weighted by atomic mass is 10.1. The number of carbonyl (C=O) groups excluding carboxylic acids is 1. The topological polar surface area (TPSA) is 71.8 Å². The summed E-state index contributed by atoms with van der Waals surface area (Å²) in [6.07, 6.45) is 6.81. The van der Waals surface area contributed by atoms with Gasteiger partial charge in [0, 0.05) is 31.5 Å². The summed E-state index contributed by atoms with van der Waals surface area (Å²) in [5, 5.41) is 2.71. The number of methoxy groups -OCH3 is 1. The second-order valence-corrected chi connectivity index (χ2v) is 6.92. The maximum Gasteiger partial charge on any atom is 0.261 e. The highest BCUT2D eigenvalue weighted by atomic mass is 19.1. The van der Waals surface area contributed by atoms with E-state index in [1.807, 2.05) is 6.07 Å². The minimum Gasteiger partial charge on any atom is -0.480 e. The number of nitrogens with one attached hydrogen (secondary N) is 1. The van der Waals surface area contributed by atoms with E-state index in [1.54, 1.807) is 29.8 Å². The summed E-state index contributed by atoms with van der Waals surface area (Å²) in [5.74, 6) is 0.136. The fourth-order valence-corrected chi connectivity index (χ4v) is 3.50. The Morgan fingerprint density at radius 3 is 2.71 bits per heavy atom. The highest BCUT2D eigenvalue weighted by Crippen LogP contribution is 2.25. The molecule has 8 heteroatoms. The van der Waals surface area contributed by atoms with Crippen LogP contribution in [0.4, 0.5) is 15.9 Å². The number of imidazole rings is 1. The SMILES string of the molecule is COc1nc(N2CCCCC2)ccc1C(=O)Nc1cc(F)c2nc(C)cn2c1. The zero-order chi connectivity index (χ0) is 19.7. The summed E-state index contributed by atoms with van der Waals surface area (Å²) in [6, 6.07) is 4.77. The van der Waals surface area contributed by atoms with Gasteiger partial charge < -0.3 is 19.4 Å². The van der Waals surface area contributed by atoms with Crippen LogP contribution >= 0.6 is 0 Å². The van der Waals surface area contributed by atoms with E-state index in [0.29, 0.717) is 16.9 Å². The van der Waals surface area contributed by atoms with Gasteiger partial charge >= 0.3 is 0 Å². The Kier molecular flexibility index (Phi) is 4.85. The first-order chi connectivity index (χ1) is 13.5. The van der Waals surface area contributed by atoms with Crippen molar-refractivity contribution in [2.45, 2.75) is 26.2 Å². The summed E-state index contributed by atoms with van der Waals surface area (Å²) in [6.45, 7) is 3.68. The molecule has 146 valence electrons. The number of piperidine rings is 1. The van der Waals surface area contributed by atoms with Gasteiger partial charge in [-0.3, -0.25) is 4.79 Å². The standard InChI is InChI=1S/C20H22FN5O2/c1-13-11-26-12-14(10-16(21)18(26)22-13)23-19(27)15-6-7-17(24-20(15)28-2)25-8-4-3-5-9-25/h6-7,10-12H,3-5,8-9H2,1-2H3,(H,23,27). The molecule has 3 aromatic rings. The molecule has 1 aliphatic heterocycles. The van der Waals surface area contributed by atoms with Crippen molar-refractivity contribution >= 4 is 23.1 Å². The molecule has 7 nitrogen and oxygen atoms in total. The predicted molar refractivity (Wildman–Crippen MR) is 105 cm³/mol. The minimum atomic E-state index is -0.503. The van der Waals surface area contributed by atoms with E-state index in [2.05, 4.69) is 20.2 Å². The van der Waals surface area contributed by atoms with E-state index >= 15 is 0 Å². The summed E-state index contributed by atoms with van der Waals surface area (Å²) in [7, 11) is 1.49. The van der Waals surface area contributed by atoms with E-state index in [-0.39, 0.29) is 11.5 Å². The molecule has 3 aromatic heterocycles. The average molecular weight is 383 g/mol. The summed E-state index contributed by atoms with van der Waals surface area (Å²) >= 11 is 0. The van der Waals surface area contributed by atoms with Crippen molar-refractivity contribution in [2.75, 3.05) is 30.4 Å². The minimum absolute atomic E-state index is 0.223. The van der Waals surface area contributed by atoms with Gasteiger partial charge in [-0.05, 0) is 38.3 Å². The van der Waals surface area contributed by atoms with Crippen LogP contribution in [0.3, 0.4) is 0 Å². The van der Waals surface area contributed by atoms with E-state index in [0.717, 1.165) is 31.7 Å². The molecule has 4 rings (SSSR count). The predicted octanol–water partition coefficient (Wildman–Crippen LogP) is 3.43. The molecule has 0 radical (unpaired) electrons. The number of nitrogens with zero attached hydrogens (tertiary/aromatic N) is 4. The number of ether oxygens (including phenoxy) is 1. The molecule has 1 N–H and O–H groups in total. The molecule has 0 unspecified atom stereocenters. The maximum absolute atomic E-state index is 14.2. The molecule has 1 fully saturated rings. The van der Waals surface area contributed by atoms with Gasteiger partial charge in [-0.25, -0.2) is 9.37 Å². The summed E-state index contributed by atoms with van der Waals surface area (Å²) < 4.78 is 21.1. The Balaban J connectivity index is 1.59. The van der Waals surface area contributed by atoms with Crippen molar-refractivity contribution in [1.29, 1.82) is 0 Å². The van der Waals surface area contributed by atoms with Crippen molar-refractivity contribution in [2.24, 2.45) is 0 Å². The molecule has 0 bridgehead atoms. The molecule has 0 aliphatic carbocycles. The van der Waals surface area contributed by atoms with E-state index in [4.69, 9.17) is 4.74 Å². The van der Waals surface area contributed by atoms with Gasteiger partial charge in [0.05, 0.1) is 18.5 Å². The number of amides is 1. The fourth-order valence-electron chi connectivity index (χ4n) is 3.50. The van der Waals surface area contributed by atoms with Crippen LogP contribution in [0.15, 0.2) is 30.6 Å². The first-order valence-corrected chi connectivity index (χ1v) is 9.31. The van der Waals surface area contributed by atoms with Gasteiger partial charge in [0.1, 0.15) is 11.4 Å². The Morgan fingerprint density at radius 2 is 1.96 bits per heavy atom. The lowest BCUT2D eigenvalue weighted by molar-refractivity contribution is 0.102. The van der Waals surface area contributed by atoms with E-state index < -0.39 is 11.7 Å². The van der Waals surface area contributed by atoms with E-state index in [9.17, 15) is 9.18 Å². The van der Waals surface area contributed by atoms with Crippen molar-refractivity contribution in [3.63, 3.8) is 0 Å². The normalized spacial score (nSPS) is 14.3. The van der Waals surface area contributed by atoms with Crippen molar-refractivity contribution in [3.8, 4) is 5.88 Å². The number of halogens is 1. The lowest BCUT2D eigenvalue weighted by Gasteiger charge is -2.28. The lowest BCUT2D eigenvalue weighted by Crippen LogP contribution is -2.30. The monoisotopic (exact) mass is 383 g/mol. The molecular weight excluding hydrogens is 361 g/mol. The average Bonchev–Trinajstić information content (AvgIpc) is 3.09. The Morgan fingerprint density at radius 1 is 1.18 bits per heavy atom. The van der Waals surface area contributed by atoms with Gasteiger partial charge in [-0.15, -0.1) is 0 Å². The highest BCUT2D eigenvalue weighted by Gasteiger charge is 2.19. The smallest absolute Gasteiger partial charge is 0.261 e.